The summed E-state index contributed by atoms with van der Waals surface area (Å²) < 4.78 is 37.9. The molecular weight excluding hydrogens is 312 g/mol. The van der Waals surface area contributed by atoms with Gasteiger partial charge in [-0.1, -0.05) is 44.2 Å². The molecule has 5 heteroatoms. The van der Waals surface area contributed by atoms with Gasteiger partial charge in [0.2, 0.25) is 0 Å². The van der Waals surface area contributed by atoms with Gasteiger partial charge in [0.15, 0.2) is 11.6 Å². The van der Waals surface area contributed by atoms with Crippen LogP contribution in [-0.2, 0) is 4.74 Å². The Bertz CT molecular complexity index is 579. The maximum Gasteiger partial charge on any atom is 0.168 e. The highest BCUT2D eigenvalue weighted by molar-refractivity contribution is 5.27. The summed E-state index contributed by atoms with van der Waals surface area (Å²) in [5.41, 5.74) is 0.871. The molecule has 132 valence electrons. The molecule has 0 bridgehead atoms. The third kappa shape index (κ3) is 6.64. The van der Waals surface area contributed by atoms with Gasteiger partial charge in [-0.15, -0.1) is 0 Å². The van der Waals surface area contributed by atoms with Crippen molar-refractivity contribution in [3.63, 3.8) is 0 Å². The summed E-state index contributed by atoms with van der Waals surface area (Å²) in [7, 11) is 1.84. The summed E-state index contributed by atoms with van der Waals surface area (Å²) in [4.78, 5) is 0. The first-order chi connectivity index (χ1) is 11.7. The van der Waals surface area contributed by atoms with Gasteiger partial charge in [-0.3, -0.25) is 0 Å². The van der Waals surface area contributed by atoms with Crippen molar-refractivity contribution in [3.8, 4) is 5.75 Å². The Morgan fingerprint density at radius 3 is 2.38 bits per heavy atom. The molecule has 1 atom stereocenters. The van der Waals surface area contributed by atoms with Crippen molar-refractivity contribution in [1.29, 1.82) is 0 Å². The second-order valence-corrected chi connectivity index (χ2v) is 4.77. The van der Waals surface area contributed by atoms with Crippen LogP contribution in [0.25, 0.3) is 0 Å². The van der Waals surface area contributed by atoms with Crippen LogP contribution in [-0.4, -0.2) is 26.8 Å². The summed E-state index contributed by atoms with van der Waals surface area (Å²) in [6, 6.07) is 12.7. The minimum Gasteiger partial charge on any atom is -0.480 e. The van der Waals surface area contributed by atoms with Gasteiger partial charge in [0.1, 0.15) is 11.9 Å². The highest BCUT2D eigenvalue weighted by Gasteiger charge is 2.16. The number of rotatable bonds is 8. The molecule has 0 aliphatic rings. The predicted octanol–water partition coefficient (Wildman–Crippen LogP) is 4.35. The van der Waals surface area contributed by atoms with Crippen LogP contribution in [0, 0.1) is 11.6 Å². The van der Waals surface area contributed by atoms with E-state index in [-0.39, 0.29) is 12.4 Å². The number of nitrogens with one attached hydrogen (secondary N) is 1. The SMILES string of the molecule is CC.CNCCOCC(Oc1ccc(F)cc1F)c1ccccc1. The second kappa shape index (κ2) is 11.5. The molecule has 1 unspecified atom stereocenters. The Kier molecular flexibility index (Phi) is 9.65. The van der Waals surface area contributed by atoms with E-state index >= 15 is 0 Å². The maximum absolute atomic E-state index is 13.8. The Morgan fingerprint density at radius 1 is 1.04 bits per heavy atom. The molecule has 0 saturated heterocycles. The molecule has 0 radical (unpaired) electrons. The van der Waals surface area contributed by atoms with Crippen molar-refractivity contribution in [2.75, 3.05) is 26.8 Å². The van der Waals surface area contributed by atoms with E-state index in [0.717, 1.165) is 11.6 Å². The van der Waals surface area contributed by atoms with E-state index in [0.29, 0.717) is 13.2 Å². The van der Waals surface area contributed by atoms with Crippen LogP contribution in [0.3, 0.4) is 0 Å². The first-order valence-corrected chi connectivity index (χ1v) is 8.09. The maximum atomic E-state index is 13.8. The lowest BCUT2D eigenvalue weighted by Gasteiger charge is -2.20. The van der Waals surface area contributed by atoms with Gasteiger partial charge in [-0.2, -0.15) is 0 Å². The van der Waals surface area contributed by atoms with E-state index in [4.69, 9.17) is 9.47 Å². The molecule has 1 N–H and O–H groups in total. The van der Waals surface area contributed by atoms with Gasteiger partial charge in [0, 0.05) is 12.6 Å². The molecule has 0 aliphatic carbocycles. The molecular formula is C19H25F2NO2. The Hall–Kier alpha value is -1.98. The number of benzene rings is 2. The van der Waals surface area contributed by atoms with E-state index in [2.05, 4.69) is 5.32 Å². The van der Waals surface area contributed by atoms with Gasteiger partial charge < -0.3 is 14.8 Å². The summed E-state index contributed by atoms with van der Waals surface area (Å²) in [6.07, 6.45) is -0.460. The van der Waals surface area contributed by atoms with Crippen molar-refractivity contribution < 1.29 is 18.3 Å². The average Bonchev–Trinajstić information content (AvgIpc) is 2.62. The topological polar surface area (TPSA) is 30.5 Å². The molecule has 0 fully saturated rings. The molecule has 3 nitrogen and oxygen atoms in total. The van der Waals surface area contributed by atoms with Gasteiger partial charge in [0.25, 0.3) is 0 Å². The van der Waals surface area contributed by atoms with Crippen LogP contribution in [0.4, 0.5) is 8.78 Å². The number of hydrogen-bond donors (Lipinski definition) is 1. The summed E-state index contributed by atoms with van der Waals surface area (Å²) >= 11 is 0. The molecule has 2 aromatic rings. The lowest BCUT2D eigenvalue weighted by Crippen LogP contribution is -2.20. The fourth-order valence-electron chi connectivity index (χ4n) is 1.95. The fourth-order valence-corrected chi connectivity index (χ4v) is 1.95. The van der Waals surface area contributed by atoms with Crippen LogP contribution in [0.1, 0.15) is 25.5 Å². The van der Waals surface area contributed by atoms with E-state index in [9.17, 15) is 8.78 Å². The fraction of sp³-hybridized carbons (Fsp3) is 0.368. The molecule has 0 aliphatic heterocycles. The molecule has 0 amide bonds. The molecule has 2 rings (SSSR count). The summed E-state index contributed by atoms with van der Waals surface area (Å²) in [5, 5.41) is 2.98. The minimum atomic E-state index is -0.726. The third-order valence-corrected chi connectivity index (χ3v) is 3.10. The quantitative estimate of drug-likeness (QED) is 0.727. The first kappa shape index (κ1) is 20.1. The third-order valence-electron chi connectivity index (χ3n) is 3.10. The van der Waals surface area contributed by atoms with Gasteiger partial charge in [0.05, 0.1) is 13.2 Å². The molecule has 0 heterocycles. The lowest BCUT2D eigenvalue weighted by atomic mass is 10.1. The number of halogens is 2. The van der Waals surface area contributed by atoms with Crippen LogP contribution in [0.5, 0.6) is 5.75 Å². The number of ether oxygens (including phenoxy) is 2. The standard InChI is InChI=1S/C17H19F2NO2.C2H6/c1-20-9-10-21-12-17(13-5-3-2-4-6-13)22-16-8-7-14(18)11-15(16)19;1-2/h2-8,11,17,20H,9-10,12H2,1H3;1-2H3. The monoisotopic (exact) mass is 337 g/mol. The zero-order chi connectivity index (χ0) is 17.8. The Labute approximate surface area is 142 Å². The smallest absolute Gasteiger partial charge is 0.168 e. The average molecular weight is 337 g/mol. The zero-order valence-electron chi connectivity index (χ0n) is 14.4. The summed E-state index contributed by atoms with van der Waals surface area (Å²) in [6.45, 7) is 5.52. The van der Waals surface area contributed by atoms with Crippen molar-refractivity contribution in [3.05, 3.63) is 65.7 Å². The largest absolute Gasteiger partial charge is 0.480 e. The summed E-state index contributed by atoms with van der Waals surface area (Å²) in [5.74, 6) is -1.35. The van der Waals surface area contributed by atoms with Crippen molar-refractivity contribution in [2.45, 2.75) is 20.0 Å². The number of hydrogen-bond acceptors (Lipinski definition) is 3. The Balaban J connectivity index is 0.00000139. The van der Waals surface area contributed by atoms with E-state index in [1.165, 1.54) is 12.1 Å². The molecule has 0 aromatic heterocycles. The van der Waals surface area contributed by atoms with E-state index in [1.54, 1.807) is 0 Å². The van der Waals surface area contributed by atoms with Gasteiger partial charge in [-0.25, -0.2) is 8.78 Å². The second-order valence-electron chi connectivity index (χ2n) is 4.77. The Morgan fingerprint density at radius 2 is 1.75 bits per heavy atom. The normalized spacial score (nSPS) is 11.4. The first-order valence-electron chi connectivity index (χ1n) is 8.09. The van der Waals surface area contributed by atoms with Crippen LogP contribution in [0.2, 0.25) is 0 Å². The van der Waals surface area contributed by atoms with Crippen LogP contribution >= 0.6 is 0 Å². The van der Waals surface area contributed by atoms with Crippen LogP contribution in [0.15, 0.2) is 48.5 Å². The predicted molar refractivity (Wildman–Crippen MR) is 92.3 cm³/mol. The van der Waals surface area contributed by atoms with Crippen molar-refractivity contribution in [2.24, 2.45) is 0 Å². The van der Waals surface area contributed by atoms with E-state index < -0.39 is 17.7 Å². The molecule has 0 saturated carbocycles. The van der Waals surface area contributed by atoms with E-state index in [1.807, 2.05) is 51.2 Å². The number of likely N-dealkylation sites (N-methyl/N-ethyl adjacent to an activating group) is 1. The van der Waals surface area contributed by atoms with Crippen LogP contribution < -0.4 is 10.1 Å². The highest BCUT2D eigenvalue weighted by atomic mass is 19.1. The zero-order valence-corrected chi connectivity index (χ0v) is 14.4. The van der Waals surface area contributed by atoms with Crippen molar-refractivity contribution in [1.82, 2.24) is 5.32 Å². The molecule has 0 spiro atoms. The minimum absolute atomic E-state index is 0.00692. The highest BCUT2D eigenvalue weighted by Crippen LogP contribution is 2.25. The molecule has 2 aromatic carbocycles. The lowest BCUT2D eigenvalue weighted by molar-refractivity contribution is 0.0493. The van der Waals surface area contributed by atoms with Crippen molar-refractivity contribution >= 4 is 0 Å². The van der Waals surface area contributed by atoms with Gasteiger partial charge >= 0.3 is 0 Å². The van der Waals surface area contributed by atoms with Gasteiger partial charge in [-0.05, 0) is 24.7 Å². The molecule has 24 heavy (non-hydrogen) atoms.